The molecule has 0 aliphatic carbocycles. The van der Waals surface area contributed by atoms with Gasteiger partial charge in [-0.15, -0.1) is 0 Å². The molecule has 3 aromatic rings. The van der Waals surface area contributed by atoms with Crippen molar-refractivity contribution in [2.24, 2.45) is 0 Å². The Morgan fingerprint density at radius 1 is 0.828 bits per heavy atom. The summed E-state index contributed by atoms with van der Waals surface area (Å²) in [6, 6.07) is 1.83. The highest BCUT2D eigenvalue weighted by Crippen LogP contribution is 2.34. The predicted molar refractivity (Wildman–Crippen MR) is 107 cm³/mol. The Morgan fingerprint density at radius 3 is 2.31 bits per heavy atom. The summed E-state index contributed by atoms with van der Waals surface area (Å²) >= 11 is 0. The molecule has 3 aromatic heterocycles. The fourth-order valence-corrected chi connectivity index (χ4v) is 3.77. The molecule has 1 unspecified atom stereocenters. The number of ether oxygens (including phenoxy) is 1. The maximum atomic E-state index is 5.94. The lowest BCUT2D eigenvalue weighted by atomic mass is 10.1. The third-order valence-electron chi connectivity index (χ3n) is 5.28. The predicted octanol–water partition coefficient (Wildman–Crippen LogP) is 1.90. The fourth-order valence-electron chi connectivity index (χ4n) is 3.77. The van der Waals surface area contributed by atoms with Gasteiger partial charge >= 0.3 is 0 Å². The maximum absolute atomic E-state index is 5.94. The van der Waals surface area contributed by atoms with E-state index in [1.807, 2.05) is 12.3 Å². The Kier molecular flexibility index (Phi) is 4.95. The van der Waals surface area contributed by atoms with Crippen molar-refractivity contribution in [1.82, 2.24) is 29.9 Å². The SMILES string of the molecule is c1cnc(N2CCN(c3ncc(-c4cnccn4)c(C4CCCO4)n3)CC2)nc1. The van der Waals surface area contributed by atoms with E-state index < -0.39 is 0 Å². The van der Waals surface area contributed by atoms with Crippen molar-refractivity contribution in [2.75, 3.05) is 42.6 Å². The second kappa shape index (κ2) is 8.04. The lowest BCUT2D eigenvalue weighted by molar-refractivity contribution is 0.109. The lowest BCUT2D eigenvalue weighted by Gasteiger charge is -2.35. The highest BCUT2D eigenvalue weighted by atomic mass is 16.5. The topological polar surface area (TPSA) is 93.1 Å². The number of hydrogen-bond acceptors (Lipinski definition) is 9. The van der Waals surface area contributed by atoms with Gasteiger partial charge in [0.05, 0.1) is 17.6 Å². The normalized spacial score (nSPS) is 19.5. The first-order valence-electron chi connectivity index (χ1n) is 9.90. The molecule has 0 amide bonds. The number of anilines is 2. The highest BCUT2D eigenvalue weighted by Gasteiger charge is 2.27. The molecular weight excluding hydrogens is 368 g/mol. The molecule has 2 fully saturated rings. The number of rotatable bonds is 4. The zero-order valence-corrected chi connectivity index (χ0v) is 16.1. The lowest BCUT2D eigenvalue weighted by Crippen LogP contribution is -2.47. The average Bonchev–Trinajstić information content (AvgIpc) is 3.35. The summed E-state index contributed by atoms with van der Waals surface area (Å²) in [5.41, 5.74) is 2.57. The second-order valence-corrected chi connectivity index (χ2v) is 7.08. The third-order valence-corrected chi connectivity index (χ3v) is 5.28. The average molecular weight is 390 g/mol. The van der Waals surface area contributed by atoms with Crippen LogP contribution in [0.3, 0.4) is 0 Å². The van der Waals surface area contributed by atoms with Gasteiger partial charge in [0.25, 0.3) is 0 Å². The van der Waals surface area contributed by atoms with Gasteiger partial charge in [-0.1, -0.05) is 0 Å². The molecule has 148 valence electrons. The Hall–Kier alpha value is -3.20. The van der Waals surface area contributed by atoms with Gasteiger partial charge in [0, 0.05) is 69.3 Å². The Bertz CT molecular complexity index is 941. The van der Waals surface area contributed by atoms with Gasteiger partial charge in [-0.3, -0.25) is 9.97 Å². The molecule has 0 aromatic carbocycles. The first kappa shape index (κ1) is 17.9. The van der Waals surface area contributed by atoms with Crippen LogP contribution in [0, 0.1) is 0 Å². The molecular formula is C20H22N8O. The Balaban J connectivity index is 1.39. The maximum Gasteiger partial charge on any atom is 0.225 e. The van der Waals surface area contributed by atoms with Crippen LogP contribution in [0.25, 0.3) is 11.3 Å². The van der Waals surface area contributed by atoms with Crippen LogP contribution in [0.4, 0.5) is 11.9 Å². The number of hydrogen-bond donors (Lipinski definition) is 0. The molecule has 2 saturated heterocycles. The minimum Gasteiger partial charge on any atom is -0.372 e. The summed E-state index contributed by atoms with van der Waals surface area (Å²) in [6.45, 7) is 4.05. The quantitative estimate of drug-likeness (QED) is 0.662. The van der Waals surface area contributed by atoms with E-state index in [-0.39, 0.29) is 6.10 Å². The van der Waals surface area contributed by atoms with Crippen LogP contribution in [0.5, 0.6) is 0 Å². The molecule has 2 aliphatic rings. The van der Waals surface area contributed by atoms with Gasteiger partial charge in [-0.2, -0.15) is 0 Å². The molecule has 5 heterocycles. The van der Waals surface area contributed by atoms with Crippen LogP contribution >= 0.6 is 0 Å². The molecule has 1 atom stereocenters. The van der Waals surface area contributed by atoms with Crippen molar-refractivity contribution < 1.29 is 4.74 Å². The van der Waals surface area contributed by atoms with Crippen molar-refractivity contribution in [2.45, 2.75) is 18.9 Å². The zero-order valence-electron chi connectivity index (χ0n) is 16.1. The minimum absolute atomic E-state index is 0.0206. The zero-order chi connectivity index (χ0) is 19.5. The van der Waals surface area contributed by atoms with E-state index >= 15 is 0 Å². The van der Waals surface area contributed by atoms with E-state index in [0.29, 0.717) is 0 Å². The summed E-state index contributed by atoms with van der Waals surface area (Å²) in [6.07, 6.45) is 12.5. The van der Waals surface area contributed by atoms with E-state index in [9.17, 15) is 0 Å². The van der Waals surface area contributed by atoms with Gasteiger partial charge in [0.15, 0.2) is 0 Å². The summed E-state index contributed by atoms with van der Waals surface area (Å²) < 4.78 is 5.94. The van der Waals surface area contributed by atoms with Gasteiger partial charge in [0.1, 0.15) is 6.10 Å². The molecule has 0 N–H and O–H groups in total. The van der Waals surface area contributed by atoms with Crippen molar-refractivity contribution >= 4 is 11.9 Å². The molecule has 0 spiro atoms. The van der Waals surface area contributed by atoms with Crippen molar-refractivity contribution in [3.8, 4) is 11.3 Å². The Morgan fingerprint density at radius 2 is 1.62 bits per heavy atom. The van der Waals surface area contributed by atoms with Gasteiger partial charge in [0.2, 0.25) is 11.9 Å². The van der Waals surface area contributed by atoms with Crippen LogP contribution in [0.15, 0.2) is 43.2 Å². The number of aromatic nitrogens is 6. The van der Waals surface area contributed by atoms with Crippen LogP contribution in [0.1, 0.15) is 24.6 Å². The third kappa shape index (κ3) is 3.73. The fraction of sp³-hybridized carbons (Fsp3) is 0.400. The van der Waals surface area contributed by atoms with Crippen molar-refractivity contribution in [1.29, 1.82) is 0 Å². The monoisotopic (exact) mass is 390 g/mol. The molecule has 9 heteroatoms. The number of nitrogens with zero attached hydrogens (tertiary/aromatic N) is 8. The van der Waals surface area contributed by atoms with Crippen LogP contribution < -0.4 is 9.80 Å². The van der Waals surface area contributed by atoms with E-state index in [1.54, 1.807) is 31.0 Å². The molecule has 5 rings (SSSR count). The van der Waals surface area contributed by atoms with Gasteiger partial charge in [-0.25, -0.2) is 19.9 Å². The van der Waals surface area contributed by atoms with Crippen LogP contribution in [-0.4, -0.2) is 62.7 Å². The summed E-state index contributed by atoms with van der Waals surface area (Å²) in [5, 5.41) is 0. The molecule has 0 bridgehead atoms. The number of piperazine rings is 1. The molecule has 9 nitrogen and oxygen atoms in total. The minimum atomic E-state index is -0.0206. The second-order valence-electron chi connectivity index (χ2n) is 7.08. The first-order chi connectivity index (χ1) is 14.4. The molecule has 29 heavy (non-hydrogen) atoms. The van der Waals surface area contributed by atoms with E-state index in [1.165, 1.54) is 0 Å². The Labute approximate surface area is 168 Å². The summed E-state index contributed by atoms with van der Waals surface area (Å²) in [5.74, 6) is 1.50. The van der Waals surface area contributed by atoms with Crippen LogP contribution in [0.2, 0.25) is 0 Å². The van der Waals surface area contributed by atoms with E-state index in [4.69, 9.17) is 9.72 Å². The largest absolute Gasteiger partial charge is 0.372 e. The molecule has 2 aliphatic heterocycles. The van der Waals surface area contributed by atoms with Crippen molar-refractivity contribution in [3.05, 3.63) is 48.9 Å². The standard InChI is InChI=1S/C20H22N8O/c1-3-17(29-12-1)18-15(16-14-21-6-7-22-16)13-25-20(26-18)28-10-8-27(9-11-28)19-23-4-2-5-24-19/h2,4-7,13-14,17H,1,3,8-12H2. The van der Waals surface area contributed by atoms with E-state index in [2.05, 4.69) is 34.7 Å². The van der Waals surface area contributed by atoms with Crippen molar-refractivity contribution in [3.63, 3.8) is 0 Å². The smallest absolute Gasteiger partial charge is 0.225 e. The first-order valence-corrected chi connectivity index (χ1v) is 9.90. The summed E-state index contributed by atoms with van der Waals surface area (Å²) in [4.78, 5) is 31.3. The molecule has 0 saturated carbocycles. The van der Waals surface area contributed by atoms with Gasteiger partial charge in [-0.05, 0) is 18.9 Å². The highest BCUT2D eigenvalue weighted by molar-refractivity contribution is 5.61. The van der Waals surface area contributed by atoms with E-state index in [0.717, 1.165) is 74.5 Å². The molecule has 0 radical (unpaired) electrons. The van der Waals surface area contributed by atoms with Gasteiger partial charge < -0.3 is 14.5 Å². The summed E-state index contributed by atoms with van der Waals surface area (Å²) in [7, 11) is 0. The van der Waals surface area contributed by atoms with Crippen LogP contribution in [-0.2, 0) is 4.74 Å².